The van der Waals surface area contributed by atoms with E-state index in [1.807, 2.05) is 0 Å². The zero-order valence-corrected chi connectivity index (χ0v) is 8.27. The highest BCUT2D eigenvalue weighted by molar-refractivity contribution is 5.89. The number of aliphatic hydroxyl groups is 3. The quantitative estimate of drug-likeness (QED) is 0.551. The number of aliphatic imine (C=N–C) groups is 1. The minimum Gasteiger partial charge on any atom is -0.393 e. The Hall–Kier alpha value is -0.750. The van der Waals surface area contributed by atoms with Crippen LogP contribution in [-0.2, 0) is 4.74 Å². The molecule has 2 atom stereocenters. The van der Waals surface area contributed by atoms with E-state index >= 15 is 0 Å². The molecule has 0 saturated heterocycles. The van der Waals surface area contributed by atoms with Gasteiger partial charge in [0, 0.05) is 24.6 Å². The lowest BCUT2D eigenvalue weighted by atomic mass is 9.85. The summed E-state index contributed by atoms with van der Waals surface area (Å²) in [6.45, 7) is 0.935. The average Bonchev–Trinajstić information content (AvgIpc) is 2.22. The second-order valence-electron chi connectivity index (χ2n) is 3.24. The van der Waals surface area contributed by atoms with E-state index in [4.69, 9.17) is 9.84 Å². The number of hydrogen-bond donors (Lipinski definition) is 3. The first-order chi connectivity index (χ1) is 6.62. The van der Waals surface area contributed by atoms with Crippen LogP contribution in [0.3, 0.4) is 0 Å². The fraction of sp³-hybridized carbons (Fsp3) is 0.667. The van der Waals surface area contributed by atoms with Gasteiger partial charge in [-0.25, -0.2) is 0 Å². The van der Waals surface area contributed by atoms with Gasteiger partial charge in [0.25, 0.3) is 0 Å². The molecule has 1 rings (SSSR count). The van der Waals surface area contributed by atoms with Crippen molar-refractivity contribution in [3.63, 3.8) is 0 Å². The van der Waals surface area contributed by atoms with Crippen LogP contribution in [0.1, 0.15) is 6.92 Å². The van der Waals surface area contributed by atoms with Crippen LogP contribution >= 0.6 is 0 Å². The fourth-order valence-corrected chi connectivity index (χ4v) is 1.54. The summed E-state index contributed by atoms with van der Waals surface area (Å²) >= 11 is 0. The number of ether oxygens (including phenoxy) is 1. The highest BCUT2D eigenvalue weighted by Gasteiger charge is 2.44. The number of methoxy groups -OCH3 is 1. The maximum Gasteiger partial charge on any atom is 0.147 e. The van der Waals surface area contributed by atoms with E-state index in [2.05, 4.69) is 4.99 Å². The van der Waals surface area contributed by atoms with Gasteiger partial charge < -0.3 is 20.1 Å². The topological polar surface area (TPSA) is 82.3 Å². The van der Waals surface area contributed by atoms with Crippen LogP contribution in [0.15, 0.2) is 16.8 Å². The van der Waals surface area contributed by atoms with Crippen LogP contribution in [0, 0.1) is 0 Å². The molecule has 2 unspecified atom stereocenters. The molecule has 1 heterocycles. The Bertz CT molecular complexity index is 268. The van der Waals surface area contributed by atoms with Crippen molar-refractivity contribution in [2.75, 3.05) is 20.3 Å². The highest BCUT2D eigenvalue weighted by atomic mass is 16.5. The van der Waals surface area contributed by atoms with Gasteiger partial charge >= 0.3 is 0 Å². The summed E-state index contributed by atoms with van der Waals surface area (Å²) in [7, 11) is 1.38. The van der Waals surface area contributed by atoms with Crippen LogP contribution in [0.2, 0.25) is 0 Å². The standard InChI is InChI=1S/C9H15NO4/c1-6-8(13)9(5-12,14-2)7(4-11)3-10-6/h3,8,11-13H,4-5H2,1-2H3. The first kappa shape index (κ1) is 11.3. The van der Waals surface area contributed by atoms with Gasteiger partial charge in [-0.1, -0.05) is 0 Å². The summed E-state index contributed by atoms with van der Waals surface area (Å²) < 4.78 is 5.11. The summed E-state index contributed by atoms with van der Waals surface area (Å²) in [5.74, 6) is 0. The molecular weight excluding hydrogens is 186 g/mol. The molecule has 14 heavy (non-hydrogen) atoms. The molecule has 0 saturated carbocycles. The minimum atomic E-state index is -1.25. The Balaban J connectivity index is 3.13. The lowest BCUT2D eigenvalue weighted by Crippen LogP contribution is -2.54. The van der Waals surface area contributed by atoms with Gasteiger partial charge in [-0.15, -0.1) is 0 Å². The zero-order chi connectivity index (χ0) is 10.8. The Morgan fingerprint density at radius 2 is 2.21 bits per heavy atom. The lowest BCUT2D eigenvalue weighted by molar-refractivity contribution is -0.0858. The largest absolute Gasteiger partial charge is 0.393 e. The molecule has 5 nitrogen and oxygen atoms in total. The molecule has 0 amide bonds. The van der Waals surface area contributed by atoms with Crippen LogP contribution in [0.5, 0.6) is 0 Å². The van der Waals surface area contributed by atoms with E-state index in [0.717, 1.165) is 0 Å². The zero-order valence-electron chi connectivity index (χ0n) is 8.27. The van der Waals surface area contributed by atoms with E-state index in [1.165, 1.54) is 13.3 Å². The van der Waals surface area contributed by atoms with Gasteiger partial charge in [0.2, 0.25) is 0 Å². The lowest BCUT2D eigenvalue weighted by Gasteiger charge is -2.38. The van der Waals surface area contributed by atoms with E-state index in [1.54, 1.807) is 6.92 Å². The Labute approximate surface area is 82.4 Å². The molecule has 1 aliphatic rings. The van der Waals surface area contributed by atoms with Crippen LogP contribution < -0.4 is 0 Å². The van der Waals surface area contributed by atoms with Crippen LogP contribution in [0.25, 0.3) is 0 Å². The van der Waals surface area contributed by atoms with Gasteiger partial charge in [0.15, 0.2) is 0 Å². The Morgan fingerprint density at radius 3 is 2.64 bits per heavy atom. The normalized spacial score (nSPS) is 32.5. The highest BCUT2D eigenvalue weighted by Crippen LogP contribution is 2.29. The fourth-order valence-electron chi connectivity index (χ4n) is 1.54. The predicted molar refractivity (Wildman–Crippen MR) is 51.1 cm³/mol. The molecule has 5 heteroatoms. The average molecular weight is 201 g/mol. The van der Waals surface area contributed by atoms with Crippen molar-refractivity contribution in [1.29, 1.82) is 0 Å². The smallest absolute Gasteiger partial charge is 0.147 e. The minimum absolute atomic E-state index is 0.303. The number of aliphatic hydroxyl groups excluding tert-OH is 3. The van der Waals surface area contributed by atoms with E-state index in [9.17, 15) is 10.2 Å². The number of hydrogen-bond acceptors (Lipinski definition) is 5. The molecule has 0 aromatic rings. The van der Waals surface area contributed by atoms with Crippen molar-refractivity contribution in [3.05, 3.63) is 11.8 Å². The number of rotatable bonds is 3. The molecule has 1 aliphatic heterocycles. The SMILES string of the molecule is COC1(CO)C(CO)=CN=C(C)C1O. The van der Waals surface area contributed by atoms with Crippen molar-refractivity contribution < 1.29 is 20.1 Å². The molecule has 3 N–H and O–H groups in total. The van der Waals surface area contributed by atoms with Crippen molar-refractivity contribution in [1.82, 2.24) is 0 Å². The monoisotopic (exact) mass is 201 g/mol. The maximum absolute atomic E-state index is 9.82. The van der Waals surface area contributed by atoms with E-state index < -0.39 is 18.3 Å². The predicted octanol–water partition coefficient (Wildman–Crippen LogP) is -0.925. The third-order valence-electron chi connectivity index (χ3n) is 2.57. The van der Waals surface area contributed by atoms with Crippen molar-refractivity contribution in [3.8, 4) is 0 Å². The molecule has 0 aliphatic carbocycles. The summed E-state index contributed by atoms with van der Waals surface area (Å²) in [6.07, 6.45) is 0.395. The summed E-state index contributed by atoms with van der Waals surface area (Å²) in [5.41, 5.74) is -0.417. The van der Waals surface area contributed by atoms with E-state index in [0.29, 0.717) is 11.3 Å². The second-order valence-corrected chi connectivity index (χ2v) is 3.24. The van der Waals surface area contributed by atoms with Gasteiger partial charge in [-0.05, 0) is 6.92 Å². The van der Waals surface area contributed by atoms with Gasteiger partial charge in [-0.2, -0.15) is 0 Å². The van der Waals surface area contributed by atoms with Crippen molar-refractivity contribution in [2.45, 2.75) is 18.6 Å². The summed E-state index contributed by atoms with van der Waals surface area (Å²) in [6, 6.07) is 0. The van der Waals surface area contributed by atoms with Crippen LogP contribution in [-0.4, -0.2) is 53.1 Å². The first-order valence-corrected chi connectivity index (χ1v) is 4.31. The van der Waals surface area contributed by atoms with Gasteiger partial charge in [-0.3, -0.25) is 4.99 Å². The van der Waals surface area contributed by atoms with Crippen molar-refractivity contribution >= 4 is 5.71 Å². The molecule has 80 valence electrons. The third kappa shape index (κ3) is 1.48. The molecule has 0 aromatic carbocycles. The molecule has 0 spiro atoms. The van der Waals surface area contributed by atoms with Crippen LogP contribution in [0.4, 0.5) is 0 Å². The molecule has 0 fully saturated rings. The van der Waals surface area contributed by atoms with E-state index in [-0.39, 0.29) is 6.61 Å². The maximum atomic E-state index is 9.82. The second kappa shape index (κ2) is 4.18. The van der Waals surface area contributed by atoms with Crippen molar-refractivity contribution in [2.24, 2.45) is 4.99 Å². The number of nitrogens with zero attached hydrogens (tertiary/aromatic N) is 1. The summed E-state index contributed by atoms with van der Waals surface area (Å²) in [4.78, 5) is 3.91. The first-order valence-electron chi connectivity index (χ1n) is 4.31. The Kier molecular flexibility index (Phi) is 3.38. The van der Waals surface area contributed by atoms with Gasteiger partial charge in [0.1, 0.15) is 11.7 Å². The summed E-state index contributed by atoms with van der Waals surface area (Å²) in [5, 5.41) is 28.1. The molecule has 0 radical (unpaired) electrons. The van der Waals surface area contributed by atoms with Gasteiger partial charge in [0.05, 0.1) is 13.2 Å². The molecular formula is C9H15NO4. The molecule has 0 bridgehead atoms. The molecule has 0 aromatic heterocycles. The Morgan fingerprint density at radius 1 is 1.57 bits per heavy atom. The third-order valence-corrected chi connectivity index (χ3v) is 2.57.